The zero-order valence-corrected chi connectivity index (χ0v) is 16.3. The van der Waals surface area contributed by atoms with Crippen LogP contribution in [0.15, 0.2) is 53.4 Å². The minimum Gasteiger partial charge on any atom is -0.491 e. The molecule has 5 nitrogen and oxygen atoms in total. The predicted molar refractivity (Wildman–Crippen MR) is 102 cm³/mol. The van der Waals surface area contributed by atoms with Gasteiger partial charge in [0, 0.05) is 17.7 Å². The molecule has 0 aliphatic heterocycles. The maximum atomic E-state index is 12.3. The van der Waals surface area contributed by atoms with Crippen molar-refractivity contribution >= 4 is 15.7 Å². The fourth-order valence-corrected chi connectivity index (χ4v) is 3.42. The molecule has 0 aliphatic rings. The molecule has 0 aliphatic carbocycles. The molecule has 0 heterocycles. The fourth-order valence-electron chi connectivity index (χ4n) is 2.36. The lowest BCUT2D eigenvalue weighted by atomic mass is 10.1. The number of nitrogens with one attached hydrogen (secondary N) is 1. The molecule has 0 atom stereocenters. The Hall–Kier alpha value is -2.34. The molecule has 140 valence electrons. The summed E-state index contributed by atoms with van der Waals surface area (Å²) in [5.41, 5.74) is 1.29. The largest absolute Gasteiger partial charge is 0.491 e. The van der Waals surface area contributed by atoms with Crippen molar-refractivity contribution in [1.29, 1.82) is 0 Å². The fraction of sp³-hybridized carbons (Fsp3) is 0.350. The van der Waals surface area contributed by atoms with Crippen LogP contribution in [0.25, 0.3) is 0 Å². The average Bonchev–Trinajstić information content (AvgIpc) is 2.60. The van der Waals surface area contributed by atoms with Gasteiger partial charge in [-0.3, -0.25) is 4.79 Å². The van der Waals surface area contributed by atoms with Crippen LogP contribution in [0.3, 0.4) is 0 Å². The molecule has 0 saturated heterocycles. The molecule has 0 aromatic heterocycles. The van der Waals surface area contributed by atoms with E-state index in [9.17, 15) is 13.2 Å². The number of hydrogen-bond donors (Lipinski definition) is 1. The van der Waals surface area contributed by atoms with Gasteiger partial charge in [0.1, 0.15) is 5.75 Å². The molecule has 0 spiro atoms. The molecule has 6 heteroatoms. The highest BCUT2D eigenvalue weighted by Crippen LogP contribution is 2.20. The van der Waals surface area contributed by atoms with E-state index in [1.54, 1.807) is 13.8 Å². The Bertz CT molecular complexity index is 856. The molecular weight excluding hydrogens is 350 g/mol. The van der Waals surface area contributed by atoms with E-state index in [1.165, 1.54) is 24.3 Å². The van der Waals surface area contributed by atoms with Crippen molar-refractivity contribution in [3.05, 3.63) is 59.7 Å². The van der Waals surface area contributed by atoms with Crippen LogP contribution >= 0.6 is 0 Å². The van der Waals surface area contributed by atoms with Gasteiger partial charge >= 0.3 is 0 Å². The second kappa shape index (κ2) is 8.36. The Kier molecular flexibility index (Phi) is 6.42. The van der Waals surface area contributed by atoms with Crippen molar-refractivity contribution in [1.82, 2.24) is 5.32 Å². The van der Waals surface area contributed by atoms with Gasteiger partial charge in [0.05, 0.1) is 16.2 Å². The first-order valence-electron chi connectivity index (χ1n) is 8.58. The number of carbonyl (C=O) groups excluding carboxylic acids is 1. The van der Waals surface area contributed by atoms with Gasteiger partial charge in [-0.1, -0.05) is 18.2 Å². The summed E-state index contributed by atoms with van der Waals surface area (Å²) in [6, 6.07) is 13.5. The third kappa shape index (κ3) is 4.85. The molecule has 2 aromatic carbocycles. The highest BCUT2D eigenvalue weighted by atomic mass is 32.2. The zero-order valence-electron chi connectivity index (χ0n) is 15.5. The number of rotatable bonds is 7. The number of ether oxygens (including phenoxy) is 1. The normalized spacial score (nSPS) is 11.6. The number of para-hydroxylation sites is 1. The van der Waals surface area contributed by atoms with Crippen LogP contribution in [0.5, 0.6) is 5.75 Å². The van der Waals surface area contributed by atoms with Crippen molar-refractivity contribution in [2.45, 2.75) is 50.5 Å². The van der Waals surface area contributed by atoms with Crippen molar-refractivity contribution in [2.75, 3.05) is 0 Å². The maximum absolute atomic E-state index is 12.3. The molecule has 26 heavy (non-hydrogen) atoms. The van der Waals surface area contributed by atoms with E-state index in [-0.39, 0.29) is 16.9 Å². The van der Waals surface area contributed by atoms with Crippen LogP contribution in [-0.4, -0.2) is 25.7 Å². The first kappa shape index (κ1) is 20.0. The number of hydrogen-bond acceptors (Lipinski definition) is 4. The minimum absolute atomic E-state index is 0.0438. The van der Waals surface area contributed by atoms with Crippen LogP contribution in [0.2, 0.25) is 0 Å². The molecule has 1 N–H and O–H groups in total. The Morgan fingerprint density at radius 1 is 1.00 bits per heavy atom. The highest BCUT2D eigenvalue weighted by Gasteiger charge is 2.19. The van der Waals surface area contributed by atoms with Crippen molar-refractivity contribution in [3.8, 4) is 5.75 Å². The standard InChI is InChI=1S/C20H25NO4S/c1-14(2)25-19-8-6-5-7-17(19)13-21-20(22)16-9-11-18(12-10-16)26(23,24)15(3)4/h5-12,14-15H,13H2,1-4H3,(H,21,22). The van der Waals surface area contributed by atoms with E-state index >= 15 is 0 Å². The van der Waals surface area contributed by atoms with E-state index in [0.717, 1.165) is 11.3 Å². The van der Waals surface area contributed by atoms with E-state index in [2.05, 4.69) is 5.32 Å². The Morgan fingerprint density at radius 3 is 2.19 bits per heavy atom. The quantitative estimate of drug-likeness (QED) is 0.803. The summed E-state index contributed by atoms with van der Waals surface area (Å²) >= 11 is 0. The second-order valence-corrected chi connectivity index (χ2v) is 9.08. The molecule has 2 rings (SSSR count). The summed E-state index contributed by atoms with van der Waals surface area (Å²) < 4.78 is 30.0. The molecule has 0 fully saturated rings. The van der Waals surface area contributed by atoms with E-state index < -0.39 is 15.1 Å². The SMILES string of the molecule is CC(C)Oc1ccccc1CNC(=O)c1ccc(S(=O)(=O)C(C)C)cc1. The van der Waals surface area contributed by atoms with Gasteiger partial charge in [-0.25, -0.2) is 8.42 Å². The summed E-state index contributed by atoms with van der Waals surface area (Å²) in [6.45, 7) is 7.48. The third-order valence-corrected chi connectivity index (χ3v) is 6.01. The Labute approximate surface area is 155 Å². The van der Waals surface area contributed by atoms with E-state index in [1.807, 2.05) is 38.1 Å². The van der Waals surface area contributed by atoms with E-state index in [4.69, 9.17) is 4.74 Å². The van der Waals surface area contributed by atoms with Crippen LogP contribution in [0.4, 0.5) is 0 Å². The molecule has 1 amide bonds. The predicted octanol–water partition coefficient (Wildman–Crippen LogP) is 3.59. The van der Waals surface area contributed by atoms with Gasteiger partial charge in [-0.05, 0) is 58.0 Å². The van der Waals surface area contributed by atoms with E-state index in [0.29, 0.717) is 12.1 Å². The third-order valence-electron chi connectivity index (χ3n) is 3.84. The summed E-state index contributed by atoms with van der Waals surface area (Å²) in [6.07, 6.45) is 0.0438. The summed E-state index contributed by atoms with van der Waals surface area (Å²) in [4.78, 5) is 12.6. The smallest absolute Gasteiger partial charge is 0.251 e. The first-order valence-corrected chi connectivity index (χ1v) is 10.1. The van der Waals surface area contributed by atoms with Gasteiger partial charge in [0.2, 0.25) is 0 Å². The van der Waals surface area contributed by atoms with Crippen LogP contribution in [0, 0.1) is 0 Å². The summed E-state index contributed by atoms with van der Waals surface area (Å²) in [7, 11) is -3.34. The molecular formula is C20H25NO4S. The first-order chi connectivity index (χ1) is 12.2. The maximum Gasteiger partial charge on any atom is 0.251 e. The lowest BCUT2D eigenvalue weighted by molar-refractivity contribution is 0.0950. The lowest BCUT2D eigenvalue weighted by Gasteiger charge is -2.14. The van der Waals surface area contributed by atoms with Crippen LogP contribution in [0.1, 0.15) is 43.6 Å². The van der Waals surface area contributed by atoms with Gasteiger partial charge in [0.15, 0.2) is 9.84 Å². The molecule has 0 radical (unpaired) electrons. The Morgan fingerprint density at radius 2 is 1.62 bits per heavy atom. The van der Waals surface area contributed by atoms with Gasteiger partial charge in [-0.15, -0.1) is 0 Å². The van der Waals surface area contributed by atoms with Crippen molar-refractivity contribution < 1.29 is 17.9 Å². The lowest BCUT2D eigenvalue weighted by Crippen LogP contribution is -2.23. The topological polar surface area (TPSA) is 72.5 Å². The average molecular weight is 375 g/mol. The molecule has 0 saturated carbocycles. The number of amides is 1. The van der Waals surface area contributed by atoms with Gasteiger partial charge in [0.25, 0.3) is 5.91 Å². The number of carbonyl (C=O) groups is 1. The zero-order chi connectivity index (χ0) is 19.3. The summed E-state index contributed by atoms with van der Waals surface area (Å²) in [5.74, 6) is 0.471. The van der Waals surface area contributed by atoms with Crippen LogP contribution < -0.4 is 10.1 Å². The van der Waals surface area contributed by atoms with Crippen molar-refractivity contribution in [3.63, 3.8) is 0 Å². The van der Waals surface area contributed by atoms with Crippen molar-refractivity contribution in [2.24, 2.45) is 0 Å². The molecule has 2 aromatic rings. The molecule has 0 unspecified atom stereocenters. The number of sulfone groups is 1. The van der Waals surface area contributed by atoms with Crippen LogP contribution in [-0.2, 0) is 16.4 Å². The highest BCUT2D eigenvalue weighted by molar-refractivity contribution is 7.92. The second-order valence-electron chi connectivity index (χ2n) is 6.58. The molecule has 0 bridgehead atoms. The Balaban J connectivity index is 2.08. The summed E-state index contributed by atoms with van der Waals surface area (Å²) in [5, 5.41) is 2.34. The number of benzene rings is 2. The van der Waals surface area contributed by atoms with Gasteiger partial charge < -0.3 is 10.1 Å². The van der Waals surface area contributed by atoms with Gasteiger partial charge in [-0.2, -0.15) is 0 Å². The monoisotopic (exact) mass is 375 g/mol. The minimum atomic E-state index is -3.34.